The van der Waals surface area contributed by atoms with Gasteiger partial charge in [0.25, 0.3) is 11.8 Å². The first kappa shape index (κ1) is 24.9. The summed E-state index contributed by atoms with van der Waals surface area (Å²) >= 11 is 12.0. The quantitative estimate of drug-likeness (QED) is 0.323. The second-order valence-electron chi connectivity index (χ2n) is 9.00. The van der Waals surface area contributed by atoms with E-state index in [1.165, 1.54) is 11.0 Å². The van der Waals surface area contributed by atoms with Gasteiger partial charge in [-0.05, 0) is 100 Å². The predicted octanol–water partition coefficient (Wildman–Crippen LogP) is 5.59. The van der Waals surface area contributed by atoms with Crippen LogP contribution in [0, 0.1) is 0 Å². The number of hydrogen-bond acceptors (Lipinski definition) is 5. The fraction of sp³-hybridized carbons (Fsp3) is 0.296. The maximum atomic E-state index is 13.4. The maximum absolute atomic E-state index is 13.4. The second kappa shape index (κ2) is 9.47. The molecule has 6 nitrogen and oxygen atoms in total. The highest BCUT2D eigenvalue weighted by molar-refractivity contribution is 7.80. The van der Waals surface area contributed by atoms with Gasteiger partial charge in [-0.2, -0.15) is 0 Å². The van der Waals surface area contributed by atoms with Crippen molar-refractivity contribution < 1.29 is 14.3 Å². The molecule has 182 valence electrons. The van der Waals surface area contributed by atoms with Crippen LogP contribution in [0.15, 0.2) is 48.0 Å². The van der Waals surface area contributed by atoms with Crippen molar-refractivity contribution in [3.63, 3.8) is 0 Å². The van der Waals surface area contributed by atoms with Crippen molar-refractivity contribution in [1.29, 1.82) is 0 Å². The molecule has 8 heteroatoms. The minimum absolute atomic E-state index is 0.0254. The number of halogens is 1. The van der Waals surface area contributed by atoms with E-state index < -0.39 is 11.8 Å². The number of carbonyl (C=O) groups excluding carboxylic acids is 2. The predicted molar refractivity (Wildman–Crippen MR) is 146 cm³/mol. The van der Waals surface area contributed by atoms with Crippen LogP contribution in [0.5, 0.6) is 5.75 Å². The lowest BCUT2D eigenvalue weighted by atomic mass is 9.87. The van der Waals surface area contributed by atoms with E-state index in [-0.39, 0.29) is 16.2 Å². The van der Waals surface area contributed by atoms with Gasteiger partial charge in [-0.25, -0.2) is 0 Å². The van der Waals surface area contributed by atoms with Crippen molar-refractivity contribution in [3.8, 4) is 5.75 Å². The molecule has 2 heterocycles. The van der Waals surface area contributed by atoms with Crippen LogP contribution in [0.4, 0.5) is 11.4 Å². The summed E-state index contributed by atoms with van der Waals surface area (Å²) in [4.78, 5) is 29.8. The number of anilines is 2. The molecule has 2 aliphatic heterocycles. The Morgan fingerprint density at radius 2 is 1.83 bits per heavy atom. The van der Waals surface area contributed by atoms with Crippen LogP contribution in [0.25, 0.3) is 11.6 Å². The van der Waals surface area contributed by atoms with E-state index in [1.807, 2.05) is 19.1 Å². The second-order valence-corrected chi connectivity index (χ2v) is 9.79. The van der Waals surface area contributed by atoms with Crippen LogP contribution >= 0.6 is 23.8 Å². The fourth-order valence-corrected chi connectivity index (χ4v) is 5.20. The van der Waals surface area contributed by atoms with Crippen molar-refractivity contribution in [2.75, 3.05) is 23.0 Å². The number of ether oxygens (including phenoxy) is 1. The molecule has 0 saturated carbocycles. The van der Waals surface area contributed by atoms with Gasteiger partial charge in [0.1, 0.15) is 11.3 Å². The third-order valence-corrected chi connectivity index (χ3v) is 6.83. The molecular weight excluding hydrogens is 482 g/mol. The minimum Gasteiger partial charge on any atom is -0.494 e. The van der Waals surface area contributed by atoms with Crippen LogP contribution in [-0.2, 0) is 9.59 Å². The lowest BCUT2D eigenvalue weighted by Crippen LogP contribution is -2.54. The standard InChI is InChI=1S/C27H28ClN3O3S/c1-6-30-23-14-22(28)17(12-20(23)16(3)15-27(30,4)5)13-21-24(32)29-26(35)31(25(21)33)18-8-10-19(11-9-18)34-7-2/h8-15H,6-7H2,1-5H3,(H,29,32,35)/b21-13-. The molecule has 0 atom stereocenters. The zero-order valence-electron chi connectivity index (χ0n) is 20.4. The molecule has 0 radical (unpaired) electrons. The Kier molecular flexibility index (Phi) is 6.75. The molecule has 4 rings (SSSR count). The Morgan fingerprint density at radius 1 is 1.14 bits per heavy atom. The average Bonchev–Trinajstić information content (AvgIpc) is 2.78. The van der Waals surface area contributed by atoms with Crippen molar-refractivity contribution in [3.05, 3.63) is 64.2 Å². The van der Waals surface area contributed by atoms with E-state index in [0.29, 0.717) is 28.6 Å². The molecule has 2 amide bonds. The first-order valence-corrected chi connectivity index (χ1v) is 12.3. The number of nitrogens with zero attached hydrogens (tertiary/aromatic N) is 2. The number of likely N-dealkylation sites (N-methyl/N-ethyl adjacent to an activating group) is 1. The summed E-state index contributed by atoms with van der Waals surface area (Å²) in [5, 5.41) is 3.11. The molecule has 0 aliphatic carbocycles. The molecule has 1 fully saturated rings. The Balaban J connectivity index is 1.75. The highest BCUT2D eigenvalue weighted by Crippen LogP contribution is 2.41. The minimum atomic E-state index is -0.556. The number of rotatable bonds is 5. The van der Waals surface area contributed by atoms with Gasteiger partial charge in [0.05, 0.1) is 17.8 Å². The molecule has 2 aromatic rings. The van der Waals surface area contributed by atoms with Crippen LogP contribution in [0.1, 0.15) is 45.7 Å². The van der Waals surface area contributed by atoms with E-state index in [1.54, 1.807) is 24.3 Å². The largest absolute Gasteiger partial charge is 0.494 e. The molecule has 1 N–H and O–H groups in total. The fourth-order valence-electron chi connectivity index (χ4n) is 4.71. The van der Waals surface area contributed by atoms with Gasteiger partial charge in [0, 0.05) is 22.8 Å². The van der Waals surface area contributed by atoms with E-state index in [4.69, 9.17) is 28.6 Å². The zero-order valence-corrected chi connectivity index (χ0v) is 22.0. The van der Waals surface area contributed by atoms with Crippen LogP contribution in [0.3, 0.4) is 0 Å². The monoisotopic (exact) mass is 509 g/mol. The molecule has 0 aromatic heterocycles. The van der Waals surface area contributed by atoms with Crippen molar-refractivity contribution >= 4 is 63.8 Å². The number of benzene rings is 2. The van der Waals surface area contributed by atoms with Crippen molar-refractivity contribution in [1.82, 2.24) is 5.32 Å². The molecule has 1 saturated heterocycles. The summed E-state index contributed by atoms with van der Waals surface area (Å²) in [6.07, 6.45) is 3.75. The van der Waals surface area contributed by atoms with E-state index >= 15 is 0 Å². The van der Waals surface area contributed by atoms with Crippen LogP contribution in [-0.4, -0.2) is 35.6 Å². The normalized spacial score (nSPS) is 18.4. The lowest BCUT2D eigenvalue weighted by molar-refractivity contribution is -0.122. The smallest absolute Gasteiger partial charge is 0.270 e. The van der Waals surface area contributed by atoms with E-state index in [9.17, 15) is 9.59 Å². The highest BCUT2D eigenvalue weighted by Gasteiger charge is 2.35. The Morgan fingerprint density at radius 3 is 2.46 bits per heavy atom. The number of hydrogen-bond donors (Lipinski definition) is 1. The summed E-state index contributed by atoms with van der Waals surface area (Å²) in [5.74, 6) is -0.389. The van der Waals surface area contributed by atoms with Gasteiger partial charge in [0.15, 0.2) is 5.11 Å². The van der Waals surface area contributed by atoms with E-state index in [0.717, 1.165) is 23.4 Å². The van der Waals surface area contributed by atoms with Gasteiger partial charge in [-0.3, -0.25) is 19.8 Å². The van der Waals surface area contributed by atoms with Gasteiger partial charge < -0.3 is 9.64 Å². The number of amides is 2. The SMILES string of the molecule is CCOc1ccc(N2C(=O)/C(=C\c3cc4c(cc3Cl)N(CC)C(C)(C)C=C4C)C(=O)NC2=S)cc1. The third-order valence-electron chi connectivity index (χ3n) is 6.22. The lowest BCUT2D eigenvalue weighted by Gasteiger charge is -2.43. The van der Waals surface area contributed by atoms with Crippen molar-refractivity contribution in [2.45, 2.75) is 40.2 Å². The molecule has 2 aromatic carbocycles. The molecule has 2 aliphatic rings. The third kappa shape index (κ3) is 4.58. The first-order valence-electron chi connectivity index (χ1n) is 11.5. The number of allylic oxidation sites excluding steroid dienone is 1. The van der Waals surface area contributed by atoms with Crippen LogP contribution < -0.4 is 19.9 Å². The van der Waals surface area contributed by atoms with E-state index in [2.05, 4.69) is 44.0 Å². The summed E-state index contributed by atoms with van der Waals surface area (Å²) in [5.41, 5.74) is 4.09. The summed E-state index contributed by atoms with van der Waals surface area (Å²) in [6.45, 7) is 11.7. The zero-order chi connectivity index (χ0) is 25.5. The molecule has 0 unspecified atom stereocenters. The molecule has 0 bridgehead atoms. The Hall–Kier alpha value is -3.16. The molecule has 0 spiro atoms. The number of fused-ring (bicyclic) bond motifs is 1. The number of carbonyl (C=O) groups is 2. The van der Waals surface area contributed by atoms with Gasteiger partial charge in [-0.1, -0.05) is 17.7 Å². The van der Waals surface area contributed by atoms with Crippen molar-refractivity contribution in [2.24, 2.45) is 0 Å². The number of nitrogens with one attached hydrogen (secondary N) is 1. The number of thiocarbonyl (C=S) groups is 1. The van der Waals surface area contributed by atoms with Gasteiger partial charge >= 0.3 is 0 Å². The molecular formula is C27H28ClN3O3S. The molecule has 35 heavy (non-hydrogen) atoms. The topological polar surface area (TPSA) is 61.9 Å². The average molecular weight is 510 g/mol. The van der Waals surface area contributed by atoms with Gasteiger partial charge in [-0.15, -0.1) is 0 Å². The summed E-state index contributed by atoms with van der Waals surface area (Å²) in [7, 11) is 0. The highest BCUT2D eigenvalue weighted by atomic mass is 35.5. The summed E-state index contributed by atoms with van der Waals surface area (Å²) < 4.78 is 5.47. The maximum Gasteiger partial charge on any atom is 0.270 e. The van der Waals surface area contributed by atoms with Crippen LogP contribution in [0.2, 0.25) is 5.02 Å². The Labute approximate surface area is 216 Å². The Bertz CT molecular complexity index is 1280. The summed E-state index contributed by atoms with van der Waals surface area (Å²) in [6, 6.07) is 10.8. The first-order chi connectivity index (χ1) is 16.6. The van der Waals surface area contributed by atoms with Gasteiger partial charge in [0.2, 0.25) is 0 Å².